The van der Waals surface area contributed by atoms with E-state index in [4.69, 9.17) is 9.47 Å². The first-order valence-corrected chi connectivity index (χ1v) is 10.2. The quantitative estimate of drug-likeness (QED) is 0.490. The van der Waals surface area contributed by atoms with Gasteiger partial charge >= 0.3 is 5.97 Å². The van der Waals surface area contributed by atoms with Crippen molar-refractivity contribution in [2.45, 2.75) is 36.8 Å². The van der Waals surface area contributed by atoms with Crippen LogP contribution < -0.4 is 4.74 Å². The number of ether oxygens (including phenoxy) is 2. The predicted octanol–water partition coefficient (Wildman–Crippen LogP) is 4.58. The maximum atomic E-state index is 14.5. The monoisotopic (exact) mass is 387 g/mol. The van der Waals surface area contributed by atoms with Crippen LogP contribution >= 0.6 is 11.8 Å². The number of hydrogen-bond acceptors (Lipinski definition) is 5. The minimum atomic E-state index is -0.404. The molecule has 2 aliphatic rings. The van der Waals surface area contributed by atoms with E-state index in [0.717, 1.165) is 27.8 Å². The van der Waals surface area contributed by atoms with Crippen LogP contribution in [-0.4, -0.2) is 23.8 Å². The average molecular weight is 387 g/mol. The van der Waals surface area contributed by atoms with Gasteiger partial charge in [-0.3, -0.25) is 4.79 Å². The van der Waals surface area contributed by atoms with Gasteiger partial charge in [0.05, 0.1) is 13.0 Å². The highest BCUT2D eigenvalue weighted by molar-refractivity contribution is 7.99. The molecule has 1 heterocycles. The first-order valence-electron chi connectivity index (χ1n) is 9.22. The summed E-state index contributed by atoms with van der Waals surface area (Å²) in [5.41, 5.74) is 1.79. The van der Waals surface area contributed by atoms with Crippen molar-refractivity contribution >= 4 is 17.7 Å². The molecule has 2 saturated carbocycles. The second kappa shape index (κ2) is 7.89. The van der Waals surface area contributed by atoms with E-state index in [1.165, 1.54) is 26.0 Å². The van der Waals surface area contributed by atoms with Gasteiger partial charge in [0.1, 0.15) is 11.6 Å². The Morgan fingerprint density at radius 2 is 2.19 bits per heavy atom. The number of methoxy groups -OCH3 is 1. The number of nitrogens with zero attached hydrogens (tertiary/aromatic N) is 1. The molecule has 142 valence electrons. The van der Waals surface area contributed by atoms with E-state index in [0.29, 0.717) is 6.42 Å². The molecule has 1 aromatic heterocycles. The Hall–Kier alpha value is -2.08. The summed E-state index contributed by atoms with van der Waals surface area (Å²) in [7, 11) is 1.38. The molecular formula is C21H22FNO3S. The zero-order valence-corrected chi connectivity index (χ0v) is 16.0. The molecule has 0 N–H and O–H groups in total. The molecular weight excluding hydrogens is 365 g/mol. The molecule has 0 aliphatic heterocycles. The van der Waals surface area contributed by atoms with Crippen molar-refractivity contribution in [3.63, 3.8) is 0 Å². The predicted molar refractivity (Wildman–Crippen MR) is 101 cm³/mol. The minimum Gasteiger partial charge on any atom is -0.486 e. The second-order valence-electron chi connectivity index (χ2n) is 7.17. The molecule has 0 saturated heterocycles. The van der Waals surface area contributed by atoms with Crippen LogP contribution in [0, 0.1) is 17.7 Å². The van der Waals surface area contributed by atoms with E-state index in [2.05, 4.69) is 4.98 Å². The van der Waals surface area contributed by atoms with Crippen LogP contribution in [-0.2, 0) is 16.1 Å². The first kappa shape index (κ1) is 18.3. The van der Waals surface area contributed by atoms with Crippen molar-refractivity contribution in [2.24, 2.45) is 11.8 Å². The Bertz CT molecular complexity index is 840. The smallest absolute Gasteiger partial charge is 0.309 e. The van der Waals surface area contributed by atoms with Crippen molar-refractivity contribution in [1.82, 2.24) is 4.98 Å². The highest BCUT2D eigenvalue weighted by Gasteiger charge is 2.45. The van der Waals surface area contributed by atoms with E-state index >= 15 is 0 Å². The lowest BCUT2D eigenvalue weighted by atomic mass is 10.1. The fourth-order valence-corrected chi connectivity index (χ4v) is 4.32. The third-order valence-corrected chi connectivity index (χ3v) is 6.34. The van der Waals surface area contributed by atoms with E-state index in [1.54, 1.807) is 24.0 Å². The van der Waals surface area contributed by atoms with E-state index < -0.39 is 5.82 Å². The number of rotatable bonds is 8. The Morgan fingerprint density at radius 3 is 2.93 bits per heavy atom. The summed E-state index contributed by atoms with van der Waals surface area (Å²) in [5.74, 6) is 1.37. The highest BCUT2D eigenvalue weighted by atomic mass is 32.2. The van der Waals surface area contributed by atoms with Crippen LogP contribution in [0.4, 0.5) is 4.39 Å². The third-order valence-electron chi connectivity index (χ3n) is 5.06. The number of thioether (sulfide) groups is 1. The van der Waals surface area contributed by atoms with Gasteiger partial charge in [0.25, 0.3) is 0 Å². The van der Waals surface area contributed by atoms with Gasteiger partial charge in [0.2, 0.25) is 0 Å². The fraction of sp³-hybridized carbons (Fsp3) is 0.429. The van der Waals surface area contributed by atoms with Gasteiger partial charge in [-0.05, 0) is 54.9 Å². The van der Waals surface area contributed by atoms with Gasteiger partial charge in [0, 0.05) is 17.5 Å². The van der Waals surface area contributed by atoms with E-state index in [1.807, 2.05) is 18.2 Å². The summed E-state index contributed by atoms with van der Waals surface area (Å²) < 4.78 is 24.9. The van der Waals surface area contributed by atoms with Crippen molar-refractivity contribution in [3.8, 4) is 5.75 Å². The number of carbonyl (C=O) groups excluding carboxylic acids is 1. The Balaban J connectivity index is 1.38. The lowest BCUT2D eigenvalue weighted by molar-refractivity contribution is -0.142. The Morgan fingerprint density at radius 1 is 1.33 bits per heavy atom. The molecule has 0 bridgehead atoms. The molecule has 2 aromatic rings. The summed E-state index contributed by atoms with van der Waals surface area (Å²) in [5, 5.41) is 0.959. The number of aromatic nitrogens is 1. The van der Waals surface area contributed by atoms with Gasteiger partial charge in [-0.15, -0.1) is 11.8 Å². The molecule has 2 unspecified atom stereocenters. The topological polar surface area (TPSA) is 48.4 Å². The summed E-state index contributed by atoms with van der Waals surface area (Å²) >= 11 is 1.75. The van der Waals surface area contributed by atoms with Gasteiger partial charge in [-0.1, -0.05) is 12.1 Å². The Labute approximate surface area is 162 Å². The van der Waals surface area contributed by atoms with Crippen LogP contribution in [0.25, 0.3) is 0 Å². The van der Waals surface area contributed by atoms with Gasteiger partial charge < -0.3 is 9.47 Å². The maximum absolute atomic E-state index is 14.5. The van der Waals surface area contributed by atoms with Crippen LogP contribution in [0.5, 0.6) is 5.75 Å². The molecule has 0 radical (unpaired) electrons. The minimum absolute atomic E-state index is 0.0461. The molecule has 4 nitrogen and oxygen atoms in total. The van der Waals surface area contributed by atoms with Gasteiger partial charge in [-0.25, -0.2) is 9.37 Å². The Kier molecular flexibility index (Phi) is 5.34. The number of halogens is 1. The largest absolute Gasteiger partial charge is 0.486 e. The third kappa shape index (κ3) is 4.43. The average Bonchev–Trinajstić information content (AvgIpc) is 3.59. The molecule has 2 aliphatic carbocycles. The number of pyridine rings is 1. The fourth-order valence-electron chi connectivity index (χ4n) is 3.14. The molecule has 1 aromatic carbocycles. The summed E-state index contributed by atoms with van der Waals surface area (Å²) in [4.78, 5) is 16.0. The van der Waals surface area contributed by atoms with Crippen molar-refractivity contribution in [3.05, 3.63) is 53.5 Å². The van der Waals surface area contributed by atoms with Gasteiger partial charge in [-0.2, -0.15) is 0 Å². The van der Waals surface area contributed by atoms with Crippen LogP contribution in [0.2, 0.25) is 0 Å². The molecule has 2 atom stereocenters. The lowest BCUT2D eigenvalue weighted by Gasteiger charge is -2.11. The molecule has 4 rings (SSSR count). The van der Waals surface area contributed by atoms with E-state index in [-0.39, 0.29) is 30.2 Å². The van der Waals surface area contributed by atoms with Crippen LogP contribution in [0.3, 0.4) is 0 Å². The number of carbonyl (C=O) groups is 1. The molecule has 27 heavy (non-hydrogen) atoms. The summed E-state index contributed by atoms with van der Waals surface area (Å²) in [6.45, 7) is 0.283. The van der Waals surface area contributed by atoms with Crippen LogP contribution in [0.15, 0.2) is 41.6 Å². The molecule has 6 heteroatoms. The van der Waals surface area contributed by atoms with Gasteiger partial charge in [0.15, 0.2) is 11.6 Å². The number of hydrogen-bond donors (Lipinski definition) is 0. The number of esters is 1. The summed E-state index contributed by atoms with van der Waals surface area (Å²) in [6.07, 6.45) is 5.10. The zero-order chi connectivity index (χ0) is 18.8. The number of benzene rings is 1. The highest BCUT2D eigenvalue weighted by Crippen LogP contribution is 2.48. The van der Waals surface area contributed by atoms with Crippen molar-refractivity contribution < 1.29 is 18.7 Å². The molecule has 0 amide bonds. The second-order valence-corrected chi connectivity index (χ2v) is 8.18. The van der Waals surface area contributed by atoms with Crippen molar-refractivity contribution in [2.75, 3.05) is 12.9 Å². The van der Waals surface area contributed by atoms with E-state index in [9.17, 15) is 9.18 Å². The standard InChI is InChI=1S/C21H22FNO3S/c1-25-21(24)17-10-16(17)14-6-7-19(18(22)9-14)26-11-15-3-2-8-23-20(15)27-12-13-4-5-13/h2-3,6-9,13,16-17H,4-5,10-12H2,1H3. The normalized spacial score (nSPS) is 21.0. The lowest BCUT2D eigenvalue weighted by Crippen LogP contribution is -2.04. The zero-order valence-electron chi connectivity index (χ0n) is 15.2. The van der Waals surface area contributed by atoms with Crippen LogP contribution in [0.1, 0.15) is 36.3 Å². The summed E-state index contributed by atoms with van der Waals surface area (Å²) in [6, 6.07) is 8.79. The molecule has 0 spiro atoms. The maximum Gasteiger partial charge on any atom is 0.309 e. The molecule has 2 fully saturated rings. The first-order chi connectivity index (χ1) is 13.2. The SMILES string of the molecule is COC(=O)C1CC1c1ccc(OCc2cccnc2SCC2CC2)c(F)c1. The van der Waals surface area contributed by atoms with Crippen molar-refractivity contribution in [1.29, 1.82) is 0 Å².